The maximum Gasteiger partial charge on any atom is 0.146 e. The molecule has 2 fully saturated rings. The Bertz CT molecular complexity index is 561. The predicted molar refractivity (Wildman–Crippen MR) is 77.7 cm³/mol. The summed E-state index contributed by atoms with van der Waals surface area (Å²) in [6, 6.07) is 5.03. The quantitative estimate of drug-likeness (QED) is 0.841. The molecule has 1 aromatic heterocycles. The van der Waals surface area contributed by atoms with E-state index in [1.54, 1.807) is 0 Å². The standard InChI is InChI=1S/C16H20N4/c17-8-13-7-11-3-1-5-14(11)19-16(13)20-9-12-4-2-6-18-15(12)10-20/h7,12,15,18H,1-6,9-10H2. The van der Waals surface area contributed by atoms with Crippen molar-refractivity contribution < 1.29 is 0 Å². The van der Waals surface area contributed by atoms with Gasteiger partial charge in [0, 0.05) is 24.8 Å². The maximum atomic E-state index is 9.44. The SMILES string of the molecule is N#Cc1cc2c(nc1N1CC3CCCNC3C1)CCC2. The van der Waals surface area contributed by atoms with Gasteiger partial charge in [0.25, 0.3) is 0 Å². The van der Waals surface area contributed by atoms with E-state index in [0.29, 0.717) is 6.04 Å². The van der Waals surface area contributed by atoms with E-state index in [0.717, 1.165) is 49.8 Å². The molecule has 3 aliphatic rings. The summed E-state index contributed by atoms with van der Waals surface area (Å²) in [5.41, 5.74) is 3.28. The average molecular weight is 268 g/mol. The summed E-state index contributed by atoms with van der Waals surface area (Å²) < 4.78 is 0. The van der Waals surface area contributed by atoms with E-state index in [9.17, 15) is 5.26 Å². The van der Waals surface area contributed by atoms with Crippen molar-refractivity contribution in [3.63, 3.8) is 0 Å². The molecule has 104 valence electrons. The van der Waals surface area contributed by atoms with Crippen molar-refractivity contribution in [3.05, 3.63) is 22.9 Å². The van der Waals surface area contributed by atoms with Gasteiger partial charge in [-0.05, 0) is 56.2 Å². The van der Waals surface area contributed by atoms with Crippen LogP contribution in [0.25, 0.3) is 0 Å². The van der Waals surface area contributed by atoms with Gasteiger partial charge in [-0.1, -0.05) is 0 Å². The van der Waals surface area contributed by atoms with E-state index >= 15 is 0 Å². The van der Waals surface area contributed by atoms with E-state index in [1.165, 1.54) is 30.5 Å². The molecule has 3 heterocycles. The normalized spacial score (nSPS) is 28.1. The zero-order valence-corrected chi connectivity index (χ0v) is 11.7. The fourth-order valence-electron chi connectivity index (χ4n) is 4.00. The molecular formula is C16H20N4. The molecule has 0 spiro atoms. The molecule has 2 aliphatic heterocycles. The monoisotopic (exact) mass is 268 g/mol. The van der Waals surface area contributed by atoms with Gasteiger partial charge < -0.3 is 10.2 Å². The summed E-state index contributed by atoms with van der Waals surface area (Å²) in [7, 11) is 0. The molecule has 2 atom stereocenters. The molecule has 2 saturated heterocycles. The summed E-state index contributed by atoms with van der Waals surface area (Å²) in [5, 5.41) is 13.1. The first-order valence-corrected chi connectivity index (χ1v) is 7.76. The molecule has 0 bridgehead atoms. The Hall–Kier alpha value is -1.60. The number of nitrogens with one attached hydrogen (secondary N) is 1. The number of hydrogen-bond donors (Lipinski definition) is 1. The Morgan fingerprint density at radius 1 is 1.30 bits per heavy atom. The van der Waals surface area contributed by atoms with Crippen LogP contribution in [0.15, 0.2) is 6.07 Å². The van der Waals surface area contributed by atoms with Crippen molar-refractivity contribution >= 4 is 5.82 Å². The number of piperidine rings is 1. The number of anilines is 1. The second-order valence-electron chi connectivity index (χ2n) is 6.30. The lowest BCUT2D eigenvalue weighted by molar-refractivity contribution is 0.340. The Kier molecular flexibility index (Phi) is 2.89. The van der Waals surface area contributed by atoms with Crippen LogP contribution in [0, 0.1) is 17.2 Å². The highest BCUT2D eigenvalue weighted by Gasteiger charge is 2.36. The molecule has 2 unspecified atom stereocenters. The zero-order chi connectivity index (χ0) is 13.5. The van der Waals surface area contributed by atoms with Crippen LogP contribution in [-0.2, 0) is 12.8 Å². The molecule has 0 radical (unpaired) electrons. The maximum absolute atomic E-state index is 9.44. The predicted octanol–water partition coefficient (Wildman–Crippen LogP) is 1.63. The number of pyridine rings is 1. The van der Waals surface area contributed by atoms with Crippen molar-refractivity contribution in [2.75, 3.05) is 24.5 Å². The zero-order valence-electron chi connectivity index (χ0n) is 11.7. The van der Waals surface area contributed by atoms with Gasteiger partial charge in [-0.15, -0.1) is 0 Å². The lowest BCUT2D eigenvalue weighted by atomic mass is 9.94. The van der Waals surface area contributed by atoms with Gasteiger partial charge in [-0.25, -0.2) is 4.98 Å². The second-order valence-corrected chi connectivity index (χ2v) is 6.30. The number of nitrogens with zero attached hydrogens (tertiary/aromatic N) is 3. The summed E-state index contributed by atoms with van der Waals surface area (Å²) in [6.45, 7) is 3.20. The molecule has 1 N–H and O–H groups in total. The minimum atomic E-state index is 0.588. The first-order valence-electron chi connectivity index (χ1n) is 7.76. The Balaban J connectivity index is 1.67. The topological polar surface area (TPSA) is 52.0 Å². The third-order valence-electron chi connectivity index (χ3n) is 5.05. The number of nitriles is 1. The fourth-order valence-corrected chi connectivity index (χ4v) is 4.00. The van der Waals surface area contributed by atoms with Crippen molar-refractivity contribution in [2.24, 2.45) is 5.92 Å². The largest absolute Gasteiger partial charge is 0.354 e. The van der Waals surface area contributed by atoms with Gasteiger partial charge >= 0.3 is 0 Å². The van der Waals surface area contributed by atoms with Crippen LogP contribution >= 0.6 is 0 Å². The van der Waals surface area contributed by atoms with Crippen LogP contribution in [0.2, 0.25) is 0 Å². The van der Waals surface area contributed by atoms with Gasteiger partial charge in [0.05, 0.1) is 5.56 Å². The van der Waals surface area contributed by atoms with Gasteiger partial charge in [-0.3, -0.25) is 0 Å². The third kappa shape index (κ3) is 1.89. The molecule has 4 nitrogen and oxygen atoms in total. The van der Waals surface area contributed by atoms with Crippen molar-refractivity contribution in [1.82, 2.24) is 10.3 Å². The number of rotatable bonds is 1. The first-order chi connectivity index (χ1) is 9.85. The van der Waals surface area contributed by atoms with Crippen LogP contribution < -0.4 is 10.2 Å². The number of aromatic nitrogens is 1. The minimum Gasteiger partial charge on any atom is -0.354 e. The fraction of sp³-hybridized carbons (Fsp3) is 0.625. The van der Waals surface area contributed by atoms with E-state index < -0.39 is 0 Å². The summed E-state index contributed by atoms with van der Waals surface area (Å²) in [4.78, 5) is 7.18. The Labute approximate surface area is 119 Å². The number of fused-ring (bicyclic) bond motifs is 2. The van der Waals surface area contributed by atoms with Crippen LogP contribution in [0.4, 0.5) is 5.82 Å². The highest BCUT2D eigenvalue weighted by Crippen LogP contribution is 2.32. The van der Waals surface area contributed by atoms with Crippen molar-refractivity contribution in [1.29, 1.82) is 5.26 Å². The molecule has 1 aromatic rings. The summed E-state index contributed by atoms with van der Waals surface area (Å²) in [5.74, 6) is 1.66. The first kappa shape index (κ1) is 12.2. The molecule has 20 heavy (non-hydrogen) atoms. The van der Waals surface area contributed by atoms with E-state index in [1.807, 2.05) is 0 Å². The van der Waals surface area contributed by atoms with E-state index in [-0.39, 0.29) is 0 Å². The Morgan fingerprint density at radius 2 is 2.25 bits per heavy atom. The smallest absolute Gasteiger partial charge is 0.146 e. The highest BCUT2D eigenvalue weighted by atomic mass is 15.2. The van der Waals surface area contributed by atoms with Crippen LogP contribution in [0.3, 0.4) is 0 Å². The average Bonchev–Trinajstić information content (AvgIpc) is 3.11. The minimum absolute atomic E-state index is 0.588. The molecule has 4 rings (SSSR count). The summed E-state index contributed by atoms with van der Waals surface area (Å²) >= 11 is 0. The van der Waals surface area contributed by atoms with Crippen molar-refractivity contribution in [3.8, 4) is 6.07 Å². The molecule has 0 saturated carbocycles. The number of aryl methyl sites for hydroxylation is 2. The molecule has 0 aromatic carbocycles. The lowest BCUT2D eigenvalue weighted by Crippen LogP contribution is -2.40. The number of hydrogen-bond acceptors (Lipinski definition) is 4. The van der Waals surface area contributed by atoms with Gasteiger partial charge in [0.2, 0.25) is 0 Å². The van der Waals surface area contributed by atoms with E-state index in [4.69, 9.17) is 4.98 Å². The molecular weight excluding hydrogens is 248 g/mol. The van der Waals surface area contributed by atoms with Gasteiger partial charge in [0.15, 0.2) is 0 Å². The van der Waals surface area contributed by atoms with Crippen molar-refractivity contribution in [2.45, 2.75) is 38.1 Å². The third-order valence-corrected chi connectivity index (χ3v) is 5.05. The van der Waals surface area contributed by atoms with Crippen LogP contribution in [0.1, 0.15) is 36.1 Å². The van der Waals surface area contributed by atoms with Gasteiger partial charge in [0.1, 0.15) is 11.9 Å². The van der Waals surface area contributed by atoms with Crippen LogP contribution in [0.5, 0.6) is 0 Å². The van der Waals surface area contributed by atoms with Crippen LogP contribution in [-0.4, -0.2) is 30.7 Å². The lowest BCUT2D eigenvalue weighted by Gasteiger charge is -2.24. The summed E-state index contributed by atoms with van der Waals surface area (Å²) in [6.07, 6.45) is 5.93. The molecule has 0 amide bonds. The Morgan fingerprint density at radius 3 is 3.10 bits per heavy atom. The molecule has 4 heteroatoms. The second kappa shape index (κ2) is 4.75. The highest BCUT2D eigenvalue weighted by molar-refractivity contribution is 5.57. The van der Waals surface area contributed by atoms with E-state index in [2.05, 4.69) is 22.4 Å². The molecule has 1 aliphatic carbocycles. The van der Waals surface area contributed by atoms with Gasteiger partial charge in [-0.2, -0.15) is 5.26 Å².